The van der Waals surface area contributed by atoms with E-state index in [1.54, 1.807) is 0 Å². The lowest BCUT2D eigenvalue weighted by atomic mass is 10.0. The molecule has 1 fully saturated rings. The molecular formula is C15H22N2O2. The third-order valence-corrected chi connectivity index (χ3v) is 3.39. The standard InChI is InChI=1S/C15H22N2O2/c1-12(13-5-3-2-4-6-13)10-17-15(18)9-14-11-16-7-8-19-14/h2-6,12,14,16H,7-11H2,1H3,(H,17,18). The molecule has 1 aliphatic rings. The molecule has 2 unspecified atom stereocenters. The molecule has 0 bridgehead atoms. The molecule has 1 aromatic carbocycles. The summed E-state index contributed by atoms with van der Waals surface area (Å²) in [4.78, 5) is 11.8. The van der Waals surface area contributed by atoms with Crippen LogP contribution in [0, 0.1) is 0 Å². The first-order valence-electron chi connectivity index (χ1n) is 6.89. The molecular weight excluding hydrogens is 240 g/mol. The first kappa shape index (κ1) is 14.0. The summed E-state index contributed by atoms with van der Waals surface area (Å²) in [6.45, 7) is 5.13. The van der Waals surface area contributed by atoms with Crippen molar-refractivity contribution in [3.8, 4) is 0 Å². The van der Waals surface area contributed by atoms with E-state index in [4.69, 9.17) is 4.74 Å². The number of hydrogen-bond donors (Lipinski definition) is 2. The Morgan fingerprint density at radius 2 is 2.26 bits per heavy atom. The maximum atomic E-state index is 11.8. The van der Waals surface area contributed by atoms with Crippen LogP contribution in [0.1, 0.15) is 24.8 Å². The first-order chi connectivity index (χ1) is 9.25. The number of nitrogens with one attached hydrogen (secondary N) is 2. The smallest absolute Gasteiger partial charge is 0.222 e. The molecule has 0 spiro atoms. The Morgan fingerprint density at radius 3 is 2.95 bits per heavy atom. The molecule has 1 amide bonds. The summed E-state index contributed by atoms with van der Waals surface area (Å²) in [6.07, 6.45) is 0.454. The minimum absolute atomic E-state index is 0.0146. The van der Waals surface area contributed by atoms with Gasteiger partial charge in [-0.05, 0) is 11.5 Å². The van der Waals surface area contributed by atoms with Crippen LogP contribution in [-0.2, 0) is 9.53 Å². The second-order valence-electron chi connectivity index (χ2n) is 5.02. The summed E-state index contributed by atoms with van der Waals surface area (Å²) in [7, 11) is 0. The van der Waals surface area contributed by atoms with Crippen molar-refractivity contribution in [1.29, 1.82) is 0 Å². The summed E-state index contributed by atoms with van der Waals surface area (Å²) >= 11 is 0. The van der Waals surface area contributed by atoms with Gasteiger partial charge in [0.25, 0.3) is 0 Å². The van der Waals surface area contributed by atoms with Gasteiger partial charge in [0, 0.05) is 19.6 Å². The molecule has 104 valence electrons. The van der Waals surface area contributed by atoms with Crippen molar-refractivity contribution in [3.05, 3.63) is 35.9 Å². The van der Waals surface area contributed by atoms with Crippen molar-refractivity contribution in [2.75, 3.05) is 26.2 Å². The number of carbonyl (C=O) groups excluding carboxylic acids is 1. The van der Waals surface area contributed by atoms with Gasteiger partial charge in [-0.1, -0.05) is 37.3 Å². The number of carbonyl (C=O) groups is 1. The second kappa shape index (κ2) is 7.26. The molecule has 0 aliphatic carbocycles. The first-order valence-corrected chi connectivity index (χ1v) is 6.89. The molecule has 19 heavy (non-hydrogen) atoms. The molecule has 1 aromatic rings. The SMILES string of the molecule is CC(CNC(=O)CC1CNCCO1)c1ccccc1. The number of ether oxygens (including phenoxy) is 1. The Hall–Kier alpha value is -1.39. The average molecular weight is 262 g/mol. The number of rotatable bonds is 5. The fourth-order valence-electron chi connectivity index (χ4n) is 2.20. The molecule has 2 N–H and O–H groups in total. The molecule has 2 atom stereocenters. The minimum Gasteiger partial charge on any atom is -0.375 e. The van der Waals surface area contributed by atoms with Gasteiger partial charge >= 0.3 is 0 Å². The van der Waals surface area contributed by atoms with E-state index in [0.717, 1.165) is 13.1 Å². The third kappa shape index (κ3) is 4.65. The van der Waals surface area contributed by atoms with Crippen molar-refractivity contribution >= 4 is 5.91 Å². The zero-order valence-corrected chi connectivity index (χ0v) is 11.4. The van der Waals surface area contributed by atoms with E-state index in [-0.39, 0.29) is 12.0 Å². The fraction of sp³-hybridized carbons (Fsp3) is 0.533. The van der Waals surface area contributed by atoms with Crippen LogP contribution >= 0.6 is 0 Å². The quantitative estimate of drug-likeness (QED) is 0.840. The summed E-state index contributed by atoms with van der Waals surface area (Å²) in [5.74, 6) is 0.395. The molecule has 2 rings (SSSR count). The van der Waals surface area contributed by atoms with E-state index in [1.807, 2.05) is 18.2 Å². The molecule has 1 aliphatic heterocycles. The van der Waals surface area contributed by atoms with Crippen molar-refractivity contribution in [2.24, 2.45) is 0 Å². The summed E-state index contributed by atoms with van der Waals surface area (Å²) in [5.41, 5.74) is 1.25. The van der Waals surface area contributed by atoms with Gasteiger partial charge in [0.2, 0.25) is 5.91 Å². The Kier molecular flexibility index (Phi) is 5.36. The predicted octanol–water partition coefficient (Wildman–Crippen LogP) is 1.28. The fourth-order valence-corrected chi connectivity index (χ4v) is 2.20. The van der Waals surface area contributed by atoms with Crippen LogP contribution in [-0.4, -0.2) is 38.3 Å². The monoisotopic (exact) mass is 262 g/mol. The summed E-state index contributed by atoms with van der Waals surface area (Å²) in [5, 5.41) is 6.21. The van der Waals surface area contributed by atoms with Gasteiger partial charge in [0.15, 0.2) is 0 Å². The highest BCUT2D eigenvalue weighted by Gasteiger charge is 2.17. The maximum Gasteiger partial charge on any atom is 0.222 e. The highest BCUT2D eigenvalue weighted by Crippen LogP contribution is 2.13. The van der Waals surface area contributed by atoms with E-state index in [0.29, 0.717) is 25.5 Å². The number of hydrogen-bond acceptors (Lipinski definition) is 3. The lowest BCUT2D eigenvalue weighted by Gasteiger charge is -2.23. The largest absolute Gasteiger partial charge is 0.375 e. The third-order valence-electron chi connectivity index (χ3n) is 3.39. The van der Waals surface area contributed by atoms with E-state index < -0.39 is 0 Å². The lowest BCUT2D eigenvalue weighted by Crippen LogP contribution is -2.41. The summed E-state index contributed by atoms with van der Waals surface area (Å²) in [6, 6.07) is 10.2. The van der Waals surface area contributed by atoms with Crippen molar-refractivity contribution in [2.45, 2.75) is 25.4 Å². The van der Waals surface area contributed by atoms with Crippen LogP contribution in [0.4, 0.5) is 0 Å². The zero-order chi connectivity index (χ0) is 13.5. The number of morpholine rings is 1. The van der Waals surface area contributed by atoms with Gasteiger partial charge in [-0.15, -0.1) is 0 Å². The van der Waals surface area contributed by atoms with Crippen LogP contribution in [0.5, 0.6) is 0 Å². The Morgan fingerprint density at radius 1 is 1.47 bits per heavy atom. The Bertz CT molecular complexity index is 388. The van der Waals surface area contributed by atoms with E-state index in [9.17, 15) is 4.79 Å². The second-order valence-corrected chi connectivity index (χ2v) is 5.02. The predicted molar refractivity (Wildman–Crippen MR) is 75.1 cm³/mol. The van der Waals surface area contributed by atoms with Crippen LogP contribution < -0.4 is 10.6 Å². The summed E-state index contributed by atoms with van der Waals surface area (Å²) < 4.78 is 5.52. The highest BCUT2D eigenvalue weighted by atomic mass is 16.5. The average Bonchev–Trinajstić information content (AvgIpc) is 2.47. The molecule has 4 heteroatoms. The lowest BCUT2D eigenvalue weighted by molar-refractivity contribution is -0.124. The maximum absolute atomic E-state index is 11.8. The highest BCUT2D eigenvalue weighted by molar-refractivity contribution is 5.76. The van der Waals surface area contributed by atoms with Gasteiger partial charge in [0.05, 0.1) is 19.1 Å². The molecule has 0 saturated carbocycles. The number of amides is 1. The van der Waals surface area contributed by atoms with Gasteiger partial charge in [-0.2, -0.15) is 0 Å². The van der Waals surface area contributed by atoms with Crippen LogP contribution in [0.3, 0.4) is 0 Å². The Labute approximate surface area is 114 Å². The van der Waals surface area contributed by atoms with Crippen LogP contribution in [0.2, 0.25) is 0 Å². The Balaban J connectivity index is 1.71. The normalized spacial score (nSPS) is 20.8. The van der Waals surface area contributed by atoms with Gasteiger partial charge in [-0.25, -0.2) is 0 Å². The van der Waals surface area contributed by atoms with E-state index in [2.05, 4.69) is 29.7 Å². The van der Waals surface area contributed by atoms with Gasteiger partial charge in [-0.3, -0.25) is 4.79 Å². The minimum atomic E-state index is 0.0146. The van der Waals surface area contributed by atoms with Crippen molar-refractivity contribution < 1.29 is 9.53 Å². The van der Waals surface area contributed by atoms with Gasteiger partial charge in [0.1, 0.15) is 0 Å². The zero-order valence-electron chi connectivity index (χ0n) is 11.4. The van der Waals surface area contributed by atoms with E-state index in [1.165, 1.54) is 5.56 Å². The van der Waals surface area contributed by atoms with Gasteiger partial charge < -0.3 is 15.4 Å². The molecule has 0 aromatic heterocycles. The molecule has 1 saturated heterocycles. The number of benzene rings is 1. The topological polar surface area (TPSA) is 50.4 Å². The molecule has 0 radical (unpaired) electrons. The van der Waals surface area contributed by atoms with Crippen molar-refractivity contribution in [3.63, 3.8) is 0 Å². The van der Waals surface area contributed by atoms with Crippen molar-refractivity contribution in [1.82, 2.24) is 10.6 Å². The molecule has 1 heterocycles. The molecule has 4 nitrogen and oxygen atoms in total. The van der Waals surface area contributed by atoms with E-state index >= 15 is 0 Å². The van der Waals surface area contributed by atoms with Crippen LogP contribution in [0.15, 0.2) is 30.3 Å². The van der Waals surface area contributed by atoms with Crippen LogP contribution in [0.25, 0.3) is 0 Å².